The second-order valence-electron chi connectivity index (χ2n) is 2.77. The van der Waals surface area contributed by atoms with Gasteiger partial charge < -0.3 is 14.7 Å². The van der Waals surface area contributed by atoms with Crippen molar-refractivity contribution in [1.82, 2.24) is 4.90 Å². The maximum absolute atomic E-state index is 8.61. The molecule has 1 aliphatic heterocycles. The van der Waals surface area contributed by atoms with Gasteiger partial charge in [0, 0.05) is 19.7 Å². The number of nitrogens with zero attached hydrogens (tertiary/aromatic N) is 1. The van der Waals surface area contributed by atoms with Crippen LogP contribution in [0.5, 0.6) is 0 Å². The molecule has 0 radical (unpaired) electrons. The quantitative estimate of drug-likeness (QED) is 0.579. The van der Waals surface area contributed by atoms with Crippen LogP contribution in [0.3, 0.4) is 0 Å². The van der Waals surface area contributed by atoms with Crippen molar-refractivity contribution in [2.75, 3.05) is 33.4 Å². The Bertz CT molecular complexity index is 95.6. The third-order valence-corrected chi connectivity index (χ3v) is 1.79. The van der Waals surface area contributed by atoms with Crippen LogP contribution in [-0.4, -0.2) is 49.5 Å². The van der Waals surface area contributed by atoms with Gasteiger partial charge in [0.15, 0.2) is 0 Å². The van der Waals surface area contributed by atoms with E-state index in [4.69, 9.17) is 9.84 Å². The first kappa shape index (κ1) is 7.98. The van der Waals surface area contributed by atoms with Crippen molar-refractivity contribution in [3.05, 3.63) is 0 Å². The van der Waals surface area contributed by atoms with E-state index in [1.165, 1.54) is 0 Å². The Hall–Kier alpha value is -0.120. The molecule has 10 heavy (non-hydrogen) atoms. The predicted octanol–water partition coefficient (Wildman–Crippen LogP) is -0.301. The smallest absolute Gasteiger partial charge is 0.0724 e. The van der Waals surface area contributed by atoms with Crippen LogP contribution in [-0.2, 0) is 4.74 Å². The van der Waals surface area contributed by atoms with Crippen molar-refractivity contribution in [3.8, 4) is 0 Å². The number of hydrogen-bond donors (Lipinski definition) is 1. The Labute approximate surface area is 61.6 Å². The van der Waals surface area contributed by atoms with Crippen LogP contribution in [0, 0.1) is 0 Å². The van der Waals surface area contributed by atoms with Crippen molar-refractivity contribution in [1.29, 1.82) is 0 Å². The van der Waals surface area contributed by atoms with Crippen LogP contribution in [0.2, 0.25) is 0 Å². The molecule has 1 heterocycles. The molecule has 1 saturated heterocycles. The summed E-state index contributed by atoms with van der Waals surface area (Å²) in [4.78, 5) is 2.23. The fraction of sp³-hybridized carbons (Fsp3) is 1.00. The summed E-state index contributed by atoms with van der Waals surface area (Å²) in [6.45, 7) is 3.02. The summed E-state index contributed by atoms with van der Waals surface area (Å²) >= 11 is 0. The number of hydrogen-bond acceptors (Lipinski definition) is 3. The van der Waals surface area contributed by atoms with E-state index in [9.17, 15) is 0 Å². The monoisotopic (exact) mass is 145 g/mol. The molecule has 1 unspecified atom stereocenters. The van der Waals surface area contributed by atoms with Gasteiger partial charge in [-0.3, -0.25) is 0 Å². The maximum Gasteiger partial charge on any atom is 0.0724 e. The van der Waals surface area contributed by atoms with Gasteiger partial charge in [0.1, 0.15) is 0 Å². The zero-order valence-electron chi connectivity index (χ0n) is 6.42. The summed E-state index contributed by atoms with van der Waals surface area (Å²) in [5.41, 5.74) is 0. The van der Waals surface area contributed by atoms with Crippen LogP contribution in [0.1, 0.15) is 6.42 Å². The summed E-state index contributed by atoms with van der Waals surface area (Å²) in [7, 11) is 2.08. The number of ether oxygens (including phenoxy) is 1. The zero-order chi connectivity index (χ0) is 7.40. The van der Waals surface area contributed by atoms with Gasteiger partial charge in [-0.05, 0) is 13.5 Å². The molecule has 0 aromatic rings. The molecule has 0 aromatic heterocycles. The third-order valence-electron chi connectivity index (χ3n) is 1.79. The molecule has 0 amide bonds. The predicted molar refractivity (Wildman–Crippen MR) is 38.9 cm³/mol. The van der Waals surface area contributed by atoms with Gasteiger partial charge >= 0.3 is 0 Å². The average molecular weight is 145 g/mol. The second kappa shape index (κ2) is 3.91. The summed E-state index contributed by atoms with van der Waals surface area (Å²) in [6.07, 6.45) is 1.02. The zero-order valence-corrected chi connectivity index (χ0v) is 6.42. The molecule has 1 fully saturated rings. The minimum atomic E-state index is 0.235. The molecule has 1 rings (SSSR count). The largest absolute Gasteiger partial charge is 0.396 e. The van der Waals surface area contributed by atoms with Gasteiger partial charge in [0.2, 0.25) is 0 Å². The molecule has 0 bridgehead atoms. The molecule has 1 atom stereocenters. The highest BCUT2D eigenvalue weighted by Gasteiger charge is 2.16. The topological polar surface area (TPSA) is 32.7 Å². The van der Waals surface area contributed by atoms with Gasteiger partial charge in [-0.1, -0.05) is 0 Å². The number of rotatable bonds is 2. The Kier molecular flexibility index (Phi) is 3.12. The Morgan fingerprint density at radius 1 is 1.70 bits per heavy atom. The normalized spacial score (nSPS) is 28.8. The molecule has 0 aromatic carbocycles. The lowest BCUT2D eigenvalue weighted by atomic mass is 10.2. The summed E-state index contributed by atoms with van der Waals surface area (Å²) < 4.78 is 5.39. The van der Waals surface area contributed by atoms with Crippen molar-refractivity contribution < 1.29 is 9.84 Å². The van der Waals surface area contributed by atoms with E-state index in [2.05, 4.69) is 11.9 Å². The van der Waals surface area contributed by atoms with Crippen molar-refractivity contribution in [2.45, 2.75) is 12.5 Å². The molecule has 0 aliphatic carbocycles. The minimum absolute atomic E-state index is 0.235. The molecule has 3 nitrogen and oxygen atoms in total. The Balaban J connectivity index is 2.18. The lowest BCUT2D eigenvalue weighted by Crippen LogP contribution is -2.40. The second-order valence-corrected chi connectivity index (χ2v) is 2.77. The number of aliphatic hydroxyl groups is 1. The number of morpholine rings is 1. The SMILES string of the molecule is CN1CCOC(CCO)C1. The molecule has 1 N–H and O–H groups in total. The van der Waals surface area contributed by atoms with Crippen LogP contribution < -0.4 is 0 Å². The van der Waals surface area contributed by atoms with E-state index in [0.717, 1.165) is 26.1 Å². The van der Waals surface area contributed by atoms with E-state index in [1.807, 2.05) is 0 Å². The van der Waals surface area contributed by atoms with Crippen LogP contribution in [0.15, 0.2) is 0 Å². The van der Waals surface area contributed by atoms with Crippen molar-refractivity contribution in [3.63, 3.8) is 0 Å². The van der Waals surface area contributed by atoms with Crippen LogP contribution >= 0.6 is 0 Å². The first-order chi connectivity index (χ1) is 4.83. The highest BCUT2D eigenvalue weighted by molar-refractivity contribution is 4.67. The number of aliphatic hydroxyl groups excluding tert-OH is 1. The standard InChI is InChI=1S/C7H15NO2/c1-8-3-5-10-7(6-8)2-4-9/h7,9H,2-6H2,1H3. The lowest BCUT2D eigenvalue weighted by molar-refractivity contribution is -0.0297. The molecular weight excluding hydrogens is 130 g/mol. The van der Waals surface area contributed by atoms with Crippen molar-refractivity contribution in [2.24, 2.45) is 0 Å². The molecule has 0 spiro atoms. The van der Waals surface area contributed by atoms with E-state index in [0.29, 0.717) is 0 Å². The summed E-state index contributed by atoms with van der Waals surface area (Å²) in [5.74, 6) is 0. The first-order valence-electron chi connectivity index (χ1n) is 3.74. The molecule has 1 aliphatic rings. The van der Waals surface area contributed by atoms with E-state index >= 15 is 0 Å². The molecular formula is C7H15NO2. The van der Waals surface area contributed by atoms with Gasteiger partial charge in [-0.15, -0.1) is 0 Å². The highest BCUT2D eigenvalue weighted by atomic mass is 16.5. The number of likely N-dealkylation sites (N-methyl/N-ethyl adjacent to an activating group) is 1. The van der Waals surface area contributed by atoms with Crippen molar-refractivity contribution >= 4 is 0 Å². The fourth-order valence-electron chi connectivity index (χ4n) is 1.19. The van der Waals surface area contributed by atoms with Gasteiger partial charge in [0.25, 0.3) is 0 Å². The van der Waals surface area contributed by atoms with E-state index in [1.54, 1.807) is 0 Å². The van der Waals surface area contributed by atoms with Gasteiger partial charge in [0.05, 0.1) is 12.7 Å². The minimum Gasteiger partial charge on any atom is -0.396 e. The van der Waals surface area contributed by atoms with Crippen LogP contribution in [0.4, 0.5) is 0 Å². The van der Waals surface area contributed by atoms with E-state index in [-0.39, 0.29) is 12.7 Å². The average Bonchev–Trinajstić information content (AvgIpc) is 1.88. The van der Waals surface area contributed by atoms with Gasteiger partial charge in [-0.25, -0.2) is 0 Å². The van der Waals surface area contributed by atoms with Gasteiger partial charge in [-0.2, -0.15) is 0 Å². The lowest BCUT2D eigenvalue weighted by Gasteiger charge is -2.29. The van der Waals surface area contributed by atoms with E-state index < -0.39 is 0 Å². The maximum atomic E-state index is 8.61. The molecule has 60 valence electrons. The summed E-state index contributed by atoms with van der Waals surface area (Å²) in [6, 6.07) is 0. The molecule has 3 heteroatoms. The Morgan fingerprint density at radius 2 is 2.50 bits per heavy atom. The third kappa shape index (κ3) is 2.25. The highest BCUT2D eigenvalue weighted by Crippen LogP contribution is 2.05. The first-order valence-corrected chi connectivity index (χ1v) is 3.74. The fourth-order valence-corrected chi connectivity index (χ4v) is 1.19. The van der Waals surface area contributed by atoms with Crippen LogP contribution in [0.25, 0.3) is 0 Å². The summed E-state index contributed by atoms with van der Waals surface area (Å²) in [5, 5.41) is 8.61. The molecule has 0 saturated carbocycles. The Morgan fingerprint density at radius 3 is 3.10 bits per heavy atom.